The van der Waals surface area contributed by atoms with Gasteiger partial charge >= 0.3 is 0 Å². The molecule has 1 aromatic carbocycles. The van der Waals surface area contributed by atoms with Crippen molar-refractivity contribution in [3.8, 4) is 11.5 Å². The third-order valence-electron chi connectivity index (χ3n) is 5.91. The van der Waals surface area contributed by atoms with Crippen LogP contribution in [-0.4, -0.2) is 81.5 Å². The molecule has 0 fully saturated rings. The summed E-state index contributed by atoms with van der Waals surface area (Å²) in [5.74, 6) is -0.0464. The van der Waals surface area contributed by atoms with Crippen molar-refractivity contribution in [1.29, 1.82) is 0 Å². The Hall–Kier alpha value is -2.77. The van der Waals surface area contributed by atoms with Gasteiger partial charge in [0.2, 0.25) is 5.82 Å². The number of ether oxygens (including phenoxy) is 4. The first kappa shape index (κ1) is 25.8. The molecule has 0 amide bonds. The molecule has 3 aromatic rings. The lowest BCUT2D eigenvalue weighted by Crippen LogP contribution is -2.41. The fourth-order valence-corrected chi connectivity index (χ4v) is 3.73. The Morgan fingerprint density at radius 1 is 1.06 bits per heavy atom. The zero-order valence-electron chi connectivity index (χ0n) is 20.4. The molecule has 0 spiro atoms. The first-order valence-electron chi connectivity index (χ1n) is 10.9. The number of benzene rings is 1. The van der Waals surface area contributed by atoms with Crippen molar-refractivity contribution in [1.82, 2.24) is 29.8 Å². The number of nitrogens with zero attached hydrogens (tertiary/aromatic N) is 6. The molecule has 1 N–H and O–H groups in total. The number of aliphatic hydroxyl groups is 1. The lowest BCUT2D eigenvalue weighted by Gasteiger charge is -2.30. The molecule has 0 aliphatic carbocycles. The van der Waals surface area contributed by atoms with Crippen molar-refractivity contribution in [2.24, 2.45) is 13.0 Å². The zero-order valence-corrected chi connectivity index (χ0v) is 20.4. The van der Waals surface area contributed by atoms with E-state index in [2.05, 4.69) is 20.5 Å². The second-order valence-corrected chi connectivity index (χ2v) is 8.19. The van der Waals surface area contributed by atoms with Gasteiger partial charge < -0.3 is 28.6 Å². The second-order valence-electron chi connectivity index (χ2n) is 8.19. The van der Waals surface area contributed by atoms with E-state index in [4.69, 9.17) is 18.9 Å². The minimum atomic E-state index is -0.572. The van der Waals surface area contributed by atoms with Gasteiger partial charge in [0.1, 0.15) is 13.6 Å². The van der Waals surface area contributed by atoms with Gasteiger partial charge in [0.05, 0.1) is 36.4 Å². The van der Waals surface area contributed by atoms with E-state index in [0.29, 0.717) is 11.0 Å². The monoisotopic (exact) mass is 476 g/mol. The molecule has 12 heteroatoms. The van der Waals surface area contributed by atoms with E-state index in [1.807, 2.05) is 32.9 Å². The van der Waals surface area contributed by atoms with Gasteiger partial charge in [-0.3, -0.25) is 4.79 Å². The SMILES string of the molecule is COCO[C@@H](Cn1c(=O)c(-c2nnnn2C)nc2cc(C)c(C)cc21)[C@H](C)[C@@H](CO)OCOC. The molecule has 3 atom stereocenters. The molecule has 0 saturated heterocycles. The average molecular weight is 477 g/mol. The van der Waals surface area contributed by atoms with Gasteiger partial charge in [0, 0.05) is 27.2 Å². The summed E-state index contributed by atoms with van der Waals surface area (Å²) in [5.41, 5.74) is 3.13. The van der Waals surface area contributed by atoms with Gasteiger partial charge in [-0.05, 0) is 47.5 Å². The highest BCUT2D eigenvalue weighted by atomic mass is 16.7. The number of aryl methyl sites for hydroxylation is 3. The molecule has 0 aliphatic rings. The van der Waals surface area contributed by atoms with E-state index in [-0.39, 0.29) is 49.7 Å². The fourth-order valence-electron chi connectivity index (χ4n) is 3.73. The van der Waals surface area contributed by atoms with Crippen LogP contribution in [0.4, 0.5) is 0 Å². The van der Waals surface area contributed by atoms with E-state index in [0.717, 1.165) is 11.1 Å². The van der Waals surface area contributed by atoms with Gasteiger partial charge in [-0.2, -0.15) is 0 Å². The zero-order chi connectivity index (χ0) is 24.8. The summed E-state index contributed by atoms with van der Waals surface area (Å²) in [4.78, 5) is 18.3. The Morgan fingerprint density at radius 3 is 2.29 bits per heavy atom. The molecule has 2 heterocycles. The van der Waals surface area contributed by atoms with E-state index >= 15 is 0 Å². The van der Waals surface area contributed by atoms with Crippen LogP contribution in [0.3, 0.4) is 0 Å². The Kier molecular flexibility index (Phi) is 8.80. The summed E-state index contributed by atoms with van der Waals surface area (Å²) < 4.78 is 24.7. The van der Waals surface area contributed by atoms with E-state index < -0.39 is 12.2 Å². The van der Waals surface area contributed by atoms with Gasteiger partial charge in [-0.1, -0.05) is 6.92 Å². The highest BCUT2D eigenvalue weighted by Crippen LogP contribution is 2.23. The van der Waals surface area contributed by atoms with Gasteiger partial charge in [0.15, 0.2) is 5.69 Å². The summed E-state index contributed by atoms with van der Waals surface area (Å²) >= 11 is 0. The number of aliphatic hydroxyl groups excluding tert-OH is 1. The summed E-state index contributed by atoms with van der Waals surface area (Å²) in [6.45, 7) is 5.80. The molecule has 0 saturated carbocycles. The molecule has 3 rings (SSSR count). The van der Waals surface area contributed by atoms with Crippen LogP contribution in [0.15, 0.2) is 16.9 Å². The smallest absolute Gasteiger partial charge is 0.281 e. The highest BCUT2D eigenvalue weighted by molar-refractivity contribution is 5.79. The van der Waals surface area contributed by atoms with Crippen LogP contribution in [0.25, 0.3) is 22.6 Å². The number of rotatable bonds is 12. The standard InChI is InChI=1S/C22H32N6O6/c1-13-7-16-17(8-14(13)2)28(22(30)20(23-16)21-24-25-26-27(21)4)9-18(33-11-31-5)15(3)19(10-29)34-12-32-6/h7-8,15,18-19,29H,9-12H2,1-6H3/t15-,18-,19+/m0/s1. The number of hydrogen-bond acceptors (Lipinski definition) is 10. The third-order valence-corrected chi connectivity index (χ3v) is 5.91. The van der Waals surface area contributed by atoms with Crippen LogP contribution in [0.2, 0.25) is 0 Å². The number of methoxy groups -OCH3 is 2. The minimum absolute atomic E-state index is 0.00734. The van der Waals surface area contributed by atoms with Crippen LogP contribution in [0.1, 0.15) is 18.1 Å². The van der Waals surface area contributed by atoms with Crippen LogP contribution in [0, 0.1) is 19.8 Å². The topological polar surface area (TPSA) is 136 Å². The maximum absolute atomic E-state index is 13.7. The molecular weight excluding hydrogens is 444 g/mol. The quantitative estimate of drug-likeness (QED) is 0.374. The van der Waals surface area contributed by atoms with Crippen molar-refractivity contribution in [2.75, 3.05) is 34.4 Å². The summed E-state index contributed by atoms with van der Waals surface area (Å²) in [5, 5.41) is 21.4. The van der Waals surface area contributed by atoms with Crippen LogP contribution in [-0.2, 0) is 32.5 Å². The predicted molar refractivity (Wildman–Crippen MR) is 123 cm³/mol. The van der Waals surface area contributed by atoms with Crippen molar-refractivity contribution in [2.45, 2.75) is 39.5 Å². The molecule has 0 aliphatic heterocycles. The molecule has 186 valence electrons. The normalized spacial score (nSPS) is 14.4. The predicted octanol–water partition coefficient (Wildman–Crippen LogP) is 0.810. The molecule has 0 unspecified atom stereocenters. The molecule has 34 heavy (non-hydrogen) atoms. The van der Waals surface area contributed by atoms with Crippen LogP contribution >= 0.6 is 0 Å². The van der Waals surface area contributed by atoms with Gasteiger partial charge in [0.25, 0.3) is 5.56 Å². The van der Waals surface area contributed by atoms with Gasteiger partial charge in [-0.25, -0.2) is 9.67 Å². The number of fused-ring (bicyclic) bond motifs is 1. The van der Waals surface area contributed by atoms with Crippen molar-refractivity contribution < 1.29 is 24.1 Å². The molecule has 0 bridgehead atoms. The van der Waals surface area contributed by atoms with E-state index in [1.165, 1.54) is 18.9 Å². The maximum Gasteiger partial charge on any atom is 0.281 e. The maximum atomic E-state index is 13.7. The van der Waals surface area contributed by atoms with Crippen molar-refractivity contribution >= 4 is 11.0 Å². The largest absolute Gasteiger partial charge is 0.394 e. The van der Waals surface area contributed by atoms with Gasteiger partial charge in [-0.15, -0.1) is 5.10 Å². The third kappa shape index (κ3) is 5.47. The number of hydrogen-bond donors (Lipinski definition) is 1. The highest BCUT2D eigenvalue weighted by Gasteiger charge is 2.29. The van der Waals surface area contributed by atoms with E-state index in [9.17, 15) is 9.90 Å². The first-order chi connectivity index (χ1) is 16.3. The Balaban J connectivity index is 2.14. The second kappa shape index (κ2) is 11.6. The molecular formula is C22H32N6O6. The van der Waals surface area contributed by atoms with Crippen LogP contribution < -0.4 is 5.56 Å². The number of tetrazole rings is 1. The molecule has 12 nitrogen and oxygen atoms in total. The molecule has 2 aromatic heterocycles. The van der Waals surface area contributed by atoms with Crippen LogP contribution in [0.5, 0.6) is 0 Å². The number of aromatic nitrogens is 6. The van der Waals surface area contributed by atoms with Crippen molar-refractivity contribution in [3.05, 3.63) is 33.6 Å². The minimum Gasteiger partial charge on any atom is -0.394 e. The lowest BCUT2D eigenvalue weighted by atomic mass is 9.97. The summed E-state index contributed by atoms with van der Waals surface area (Å²) in [7, 11) is 4.68. The Bertz CT molecular complexity index is 1160. The fraction of sp³-hybridized carbons (Fsp3) is 0.591. The summed E-state index contributed by atoms with van der Waals surface area (Å²) in [6.07, 6.45) is -1.11. The average Bonchev–Trinajstić information content (AvgIpc) is 3.24. The van der Waals surface area contributed by atoms with Crippen molar-refractivity contribution in [3.63, 3.8) is 0 Å². The first-order valence-corrected chi connectivity index (χ1v) is 10.9. The Morgan fingerprint density at radius 2 is 1.71 bits per heavy atom. The van der Waals surface area contributed by atoms with E-state index in [1.54, 1.807) is 11.6 Å². The Labute approximate surface area is 197 Å². The molecule has 0 radical (unpaired) electrons. The lowest BCUT2D eigenvalue weighted by molar-refractivity contribution is -0.151. The summed E-state index contributed by atoms with van der Waals surface area (Å²) in [6, 6.07) is 3.86.